The minimum absolute atomic E-state index is 0.0184. The number of nitrogens with zero attached hydrogens (tertiary/aromatic N) is 2. The number of carbonyl (C=O) groups excluding carboxylic acids is 2. The van der Waals surface area contributed by atoms with Gasteiger partial charge in [-0.1, -0.05) is 26.0 Å². The molecule has 10 nitrogen and oxygen atoms in total. The average molecular weight is 521 g/mol. The number of methoxy groups -OCH3 is 1. The fraction of sp³-hybridized carbons (Fsp3) is 0.393. The summed E-state index contributed by atoms with van der Waals surface area (Å²) in [5.74, 6) is -1.56. The fourth-order valence-electron chi connectivity index (χ4n) is 5.41. The molecule has 198 valence electrons. The smallest absolute Gasteiger partial charge is 0.315 e. The van der Waals surface area contributed by atoms with Crippen LogP contribution in [-0.4, -0.2) is 36.3 Å². The number of rotatable bonds is 6. The van der Waals surface area contributed by atoms with Gasteiger partial charge >= 0.3 is 5.97 Å². The Morgan fingerprint density at radius 1 is 1.16 bits per heavy atom. The molecule has 0 radical (unpaired) electrons. The molecule has 0 bridgehead atoms. The number of fused-ring (bicyclic) bond motifs is 1. The Bertz CT molecular complexity index is 1390. The van der Waals surface area contributed by atoms with Crippen LogP contribution in [0.5, 0.6) is 17.2 Å². The van der Waals surface area contributed by atoms with Crippen molar-refractivity contribution in [1.29, 1.82) is 0 Å². The van der Waals surface area contributed by atoms with Crippen molar-refractivity contribution in [2.45, 2.75) is 46.1 Å². The van der Waals surface area contributed by atoms with Gasteiger partial charge in [-0.25, -0.2) is 0 Å². The highest BCUT2D eigenvalue weighted by Gasteiger charge is 2.48. The van der Waals surface area contributed by atoms with Gasteiger partial charge in [-0.15, -0.1) is 0 Å². The van der Waals surface area contributed by atoms with Gasteiger partial charge in [0.05, 0.1) is 18.1 Å². The molecule has 2 aromatic rings. The van der Waals surface area contributed by atoms with E-state index < -0.39 is 22.7 Å². The predicted octanol–water partition coefficient (Wildman–Crippen LogP) is 4.89. The molecule has 0 aromatic heterocycles. The van der Waals surface area contributed by atoms with E-state index in [1.165, 1.54) is 12.1 Å². The zero-order valence-corrected chi connectivity index (χ0v) is 21.6. The topological polar surface area (TPSA) is 127 Å². The summed E-state index contributed by atoms with van der Waals surface area (Å²) in [5, 5.41) is 12.2. The Kier molecular flexibility index (Phi) is 6.42. The number of ether oxygens (including phenoxy) is 4. The molecule has 0 amide bonds. The minimum Gasteiger partial charge on any atom is -0.497 e. The van der Waals surface area contributed by atoms with Crippen molar-refractivity contribution in [2.24, 2.45) is 16.3 Å². The number of aliphatic imine (C=N–C) groups is 1. The number of benzene rings is 2. The lowest BCUT2D eigenvalue weighted by Gasteiger charge is -2.38. The van der Waals surface area contributed by atoms with Gasteiger partial charge in [-0.05, 0) is 42.5 Å². The van der Waals surface area contributed by atoms with Gasteiger partial charge in [0.25, 0.3) is 5.69 Å². The number of hydrogen-bond donors (Lipinski definition) is 0. The summed E-state index contributed by atoms with van der Waals surface area (Å²) >= 11 is 0. The first kappa shape index (κ1) is 25.4. The van der Waals surface area contributed by atoms with Crippen molar-refractivity contribution >= 4 is 23.2 Å². The van der Waals surface area contributed by atoms with E-state index in [4.69, 9.17) is 18.9 Å². The van der Waals surface area contributed by atoms with Crippen molar-refractivity contribution in [2.75, 3.05) is 13.9 Å². The van der Waals surface area contributed by atoms with E-state index in [9.17, 15) is 19.7 Å². The molecule has 10 heteroatoms. The molecule has 2 aromatic carbocycles. The molecule has 38 heavy (non-hydrogen) atoms. The van der Waals surface area contributed by atoms with Crippen LogP contribution in [0.1, 0.15) is 50.7 Å². The van der Waals surface area contributed by atoms with Crippen molar-refractivity contribution in [3.8, 4) is 17.2 Å². The lowest BCUT2D eigenvalue weighted by Crippen LogP contribution is -2.39. The van der Waals surface area contributed by atoms with Crippen molar-refractivity contribution in [3.05, 3.63) is 68.9 Å². The summed E-state index contributed by atoms with van der Waals surface area (Å²) in [5.41, 5.74) is 1.67. The van der Waals surface area contributed by atoms with Crippen LogP contribution >= 0.6 is 0 Å². The van der Waals surface area contributed by atoms with Crippen LogP contribution < -0.4 is 14.2 Å². The van der Waals surface area contributed by atoms with Gasteiger partial charge in [0, 0.05) is 34.9 Å². The zero-order valence-electron chi connectivity index (χ0n) is 21.6. The maximum absolute atomic E-state index is 13.6. The fourth-order valence-corrected chi connectivity index (χ4v) is 5.41. The second-order valence-corrected chi connectivity index (χ2v) is 10.5. The Hall–Kier alpha value is -4.21. The highest BCUT2D eigenvalue weighted by Crippen LogP contribution is 2.51. The van der Waals surface area contributed by atoms with Crippen LogP contribution in [0, 0.1) is 21.4 Å². The van der Waals surface area contributed by atoms with Crippen molar-refractivity contribution < 1.29 is 33.5 Å². The molecule has 0 N–H and O–H groups in total. The minimum atomic E-state index is -1.03. The Labute approximate surface area is 219 Å². The van der Waals surface area contributed by atoms with Gasteiger partial charge in [-0.3, -0.25) is 24.7 Å². The Morgan fingerprint density at radius 3 is 2.50 bits per heavy atom. The highest BCUT2D eigenvalue weighted by molar-refractivity contribution is 6.09. The first-order valence-corrected chi connectivity index (χ1v) is 12.3. The summed E-state index contributed by atoms with van der Waals surface area (Å²) in [6.07, 6.45) is 0.747. The van der Waals surface area contributed by atoms with Gasteiger partial charge in [-0.2, -0.15) is 0 Å². The Morgan fingerprint density at radius 2 is 1.84 bits per heavy atom. The predicted molar refractivity (Wildman–Crippen MR) is 136 cm³/mol. The third kappa shape index (κ3) is 4.62. The van der Waals surface area contributed by atoms with Gasteiger partial charge < -0.3 is 18.9 Å². The first-order chi connectivity index (χ1) is 18.1. The van der Waals surface area contributed by atoms with E-state index in [0.717, 1.165) is 5.56 Å². The highest BCUT2D eigenvalue weighted by atomic mass is 16.7. The number of hydrogen-bond acceptors (Lipinski definition) is 9. The molecule has 1 aliphatic carbocycles. The summed E-state index contributed by atoms with van der Waals surface area (Å²) in [4.78, 5) is 43.5. The largest absolute Gasteiger partial charge is 0.497 e. The molecule has 3 aliphatic rings. The van der Waals surface area contributed by atoms with Crippen LogP contribution in [0.25, 0.3) is 0 Å². The second kappa shape index (κ2) is 9.59. The molecule has 0 saturated heterocycles. The number of allylic oxidation sites excluding steroid dienone is 2. The number of nitro groups is 1. The maximum atomic E-state index is 13.6. The second-order valence-electron chi connectivity index (χ2n) is 10.5. The number of carbonyl (C=O) groups is 2. The molecular weight excluding hydrogens is 492 g/mol. The number of nitro benzene ring substituents is 1. The summed E-state index contributed by atoms with van der Waals surface area (Å²) in [6, 6.07) is 9.87. The number of Topliss-reactive ketones (excluding diaryl/α,β-unsaturated/α-hetero) is 1. The lowest BCUT2D eigenvalue weighted by atomic mass is 9.66. The van der Waals surface area contributed by atoms with E-state index in [1.54, 1.807) is 38.3 Å². The summed E-state index contributed by atoms with van der Waals surface area (Å²) in [7, 11) is 1.56. The quantitative estimate of drug-likeness (QED) is 0.299. The average Bonchev–Trinajstić information content (AvgIpc) is 3.33. The molecule has 0 saturated carbocycles. The molecule has 0 fully saturated rings. The van der Waals surface area contributed by atoms with E-state index >= 15 is 0 Å². The third-order valence-corrected chi connectivity index (χ3v) is 7.15. The molecular formula is C28H28N2O8. The zero-order chi connectivity index (χ0) is 27.2. The molecule has 2 heterocycles. The normalized spacial score (nSPS) is 21.5. The van der Waals surface area contributed by atoms with Crippen LogP contribution in [0.2, 0.25) is 0 Å². The van der Waals surface area contributed by atoms with Crippen molar-refractivity contribution in [1.82, 2.24) is 0 Å². The van der Waals surface area contributed by atoms with Gasteiger partial charge in [0.2, 0.25) is 6.79 Å². The van der Waals surface area contributed by atoms with Crippen molar-refractivity contribution in [3.63, 3.8) is 0 Å². The Balaban J connectivity index is 1.58. The van der Waals surface area contributed by atoms with E-state index in [0.29, 0.717) is 34.9 Å². The standard InChI is InChI=1S/C28H28N2O8/c1-15-24(27(32)36-13-16-5-7-17(35-4)8-6-16)25(26-19(29-15)11-28(2,3)12-21(26)31)18-9-22-23(38-14-37-22)10-20(18)30(33)34/h5-10,24-25H,11-14H2,1-4H3/t24?,25-/m0/s1. The van der Waals surface area contributed by atoms with Crippen LogP contribution in [0.4, 0.5) is 5.69 Å². The van der Waals surface area contributed by atoms with Gasteiger partial charge in [0.1, 0.15) is 18.3 Å². The monoisotopic (exact) mass is 520 g/mol. The van der Waals surface area contributed by atoms with Crippen LogP contribution in [0.3, 0.4) is 0 Å². The van der Waals surface area contributed by atoms with Gasteiger partial charge in [0.15, 0.2) is 17.3 Å². The molecule has 5 rings (SSSR count). The first-order valence-electron chi connectivity index (χ1n) is 12.3. The maximum Gasteiger partial charge on any atom is 0.315 e. The van der Waals surface area contributed by atoms with Crippen LogP contribution in [0.15, 0.2) is 52.7 Å². The molecule has 2 aliphatic heterocycles. The van der Waals surface area contributed by atoms with E-state index in [-0.39, 0.29) is 48.0 Å². The summed E-state index contributed by atoms with van der Waals surface area (Å²) in [6.45, 7) is 5.56. The summed E-state index contributed by atoms with van der Waals surface area (Å²) < 4.78 is 21.7. The van der Waals surface area contributed by atoms with Crippen LogP contribution in [-0.2, 0) is 20.9 Å². The molecule has 1 unspecified atom stereocenters. The molecule has 2 atom stereocenters. The number of ketones is 1. The van der Waals surface area contributed by atoms with E-state index in [2.05, 4.69) is 4.99 Å². The SMILES string of the molecule is COc1ccc(COC(=O)C2C(C)=NC3=C(C(=O)CC(C)(C)C3)[C@H]2c2cc3c(cc2[N+](=O)[O-])OCO3)cc1. The molecule has 0 spiro atoms. The third-order valence-electron chi connectivity index (χ3n) is 7.15. The number of esters is 1. The lowest BCUT2D eigenvalue weighted by molar-refractivity contribution is -0.385. The van der Waals surface area contributed by atoms with E-state index in [1.807, 2.05) is 13.8 Å².